The molecule has 3 heterocycles. The highest BCUT2D eigenvalue weighted by Crippen LogP contribution is 2.33. The van der Waals surface area contributed by atoms with Crippen molar-refractivity contribution in [3.63, 3.8) is 0 Å². The zero-order valence-corrected chi connectivity index (χ0v) is 20.5. The number of rotatable bonds is 7. The summed E-state index contributed by atoms with van der Waals surface area (Å²) < 4.78 is 53.6. The van der Waals surface area contributed by atoms with Crippen LogP contribution in [0, 0.1) is 12.7 Å². The molecule has 2 atom stereocenters. The lowest BCUT2D eigenvalue weighted by Crippen LogP contribution is -2.43. The monoisotopic (exact) mass is 515 g/mol. The maximum atomic E-state index is 15.3. The number of nitrogens with zero attached hydrogens (tertiary/aromatic N) is 5. The Hall–Kier alpha value is -3.51. The number of anilines is 2. The van der Waals surface area contributed by atoms with Crippen LogP contribution in [0.3, 0.4) is 0 Å². The summed E-state index contributed by atoms with van der Waals surface area (Å²) in [7, 11) is -4.03. The molecule has 2 aromatic carbocycles. The molecule has 1 unspecified atom stereocenters. The van der Waals surface area contributed by atoms with Crippen LogP contribution in [0.25, 0.3) is 0 Å². The van der Waals surface area contributed by atoms with Gasteiger partial charge in [-0.3, -0.25) is 4.90 Å². The highest BCUT2D eigenvalue weighted by atomic mass is 32.2. The number of carbonyl (C=O) groups excluding carboxylic acids is 1. The molecule has 1 aromatic heterocycles. The predicted molar refractivity (Wildman–Crippen MR) is 128 cm³/mol. The number of aryl methyl sites for hydroxylation is 1. The summed E-state index contributed by atoms with van der Waals surface area (Å²) in [6.07, 6.45) is 3.31. The van der Waals surface area contributed by atoms with Gasteiger partial charge < -0.3 is 9.64 Å². The number of halogens is 1. The summed E-state index contributed by atoms with van der Waals surface area (Å²) in [5.41, 5.74) is 1.50. The number of cyclic esters (lactones) is 1. The van der Waals surface area contributed by atoms with Crippen molar-refractivity contribution in [2.24, 2.45) is 0 Å². The topological polar surface area (TPSA) is 107 Å². The normalized spacial score (nSPS) is 20.6. The first-order chi connectivity index (χ1) is 17.3. The van der Waals surface area contributed by atoms with E-state index in [1.165, 1.54) is 29.3 Å². The van der Waals surface area contributed by atoms with Crippen LogP contribution in [-0.2, 0) is 25.6 Å². The fourth-order valence-corrected chi connectivity index (χ4v) is 5.52. The van der Waals surface area contributed by atoms with Crippen LogP contribution in [0.15, 0.2) is 59.8 Å². The molecule has 3 aromatic rings. The number of benzene rings is 2. The van der Waals surface area contributed by atoms with Gasteiger partial charge in [-0.05, 0) is 56.5 Å². The highest BCUT2D eigenvalue weighted by molar-refractivity contribution is 7.86. The van der Waals surface area contributed by atoms with Crippen molar-refractivity contribution in [3.05, 3.63) is 66.2 Å². The summed E-state index contributed by atoms with van der Waals surface area (Å²) in [5, 5.41) is 7.60. The molecule has 0 spiro atoms. The molecule has 2 fully saturated rings. The summed E-state index contributed by atoms with van der Waals surface area (Å²) in [4.78, 5) is 15.5. The van der Waals surface area contributed by atoms with Crippen LogP contribution >= 0.6 is 0 Å². The number of ether oxygens (including phenoxy) is 1. The number of hydrogen-bond acceptors (Lipinski definition) is 8. The van der Waals surface area contributed by atoms with Crippen molar-refractivity contribution < 1.29 is 26.5 Å². The van der Waals surface area contributed by atoms with Gasteiger partial charge in [0.25, 0.3) is 10.1 Å². The zero-order chi connectivity index (χ0) is 25.3. The molecular formula is C24H26FN5O5S. The van der Waals surface area contributed by atoms with Gasteiger partial charge in [0.2, 0.25) is 0 Å². The standard InChI is InChI=1S/C24H26FN5O5S/c1-17-5-8-20(9-6-17)36(32,33)35-23-4-2-3-12-29(23)22-10-7-18(14-21(22)25)30-16-19(34-24(30)31)15-28-13-11-26-27-28/h5-11,13-14,19,23H,2-4,12,15-16H2,1H3/t19?,23-/m1/s1. The van der Waals surface area contributed by atoms with E-state index in [9.17, 15) is 13.2 Å². The average Bonchev–Trinajstić information content (AvgIpc) is 3.49. The fraction of sp³-hybridized carbons (Fsp3) is 0.375. The van der Waals surface area contributed by atoms with Crippen LogP contribution in [-0.4, -0.2) is 54.9 Å². The molecule has 0 N–H and O–H groups in total. The molecule has 0 radical (unpaired) electrons. The Morgan fingerprint density at radius 1 is 1.17 bits per heavy atom. The van der Waals surface area contributed by atoms with Gasteiger partial charge >= 0.3 is 6.09 Å². The van der Waals surface area contributed by atoms with Gasteiger partial charge in [0.15, 0.2) is 0 Å². The predicted octanol–water partition coefficient (Wildman–Crippen LogP) is 3.47. The quantitative estimate of drug-likeness (QED) is 0.441. The zero-order valence-electron chi connectivity index (χ0n) is 19.7. The third-order valence-electron chi connectivity index (χ3n) is 6.28. The van der Waals surface area contributed by atoms with Gasteiger partial charge in [0.05, 0.1) is 35.6 Å². The Morgan fingerprint density at radius 2 is 1.97 bits per heavy atom. The Morgan fingerprint density at radius 3 is 2.69 bits per heavy atom. The second-order valence-electron chi connectivity index (χ2n) is 8.88. The SMILES string of the molecule is Cc1ccc(S(=O)(=O)O[C@@H]2CCCCN2c2ccc(N3CC(Cn4ccnn4)OC3=O)cc2F)cc1. The van der Waals surface area contributed by atoms with Gasteiger partial charge in [-0.25, -0.2) is 18.0 Å². The maximum absolute atomic E-state index is 15.3. The van der Waals surface area contributed by atoms with Gasteiger partial charge in [-0.2, -0.15) is 8.42 Å². The molecular weight excluding hydrogens is 489 g/mol. The van der Waals surface area contributed by atoms with Gasteiger partial charge in [0, 0.05) is 12.7 Å². The number of piperidine rings is 1. The van der Waals surface area contributed by atoms with E-state index < -0.39 is 34.4 Å². The van der Waals surface area contributed by atoms with Gasteiger partial charge in [0.1, 0.15) is 18.1 Å². The average molecular weight is 516 g/mol. The van der Waals surface area contributed by atoms with Crippen LogP contribution in [0.5, 0.6) is 0 Å². The first kappa shape index (κ1) is 24.2. The number of carbonyl (C=O) groups is 1. The Bertz CT molecular complexity index is 1330. The number of aromatic nitrogens is 3. The van der Waals surface area contributed by atoms with Crippen molar-refractivity contribution in [3.8, 4) is 0 Å². The second kappa shape index (κ2) is 9.86. The molecule has 0 saturated carbocycles. The largest absolute Gasteiger partial charge is 0.442 e. The van der Waals surface area contributed by atoms with E-state index in [0.717, 1.165) is 18.4 Å². The van der Waals surface area contributed by atoms with Crippen molar-refractivity contribution >= 4 is 27.6 Å². The molecule has 12 heteroatoms. The maximum Gasteiger partial charge on any atom is 0.414 e. The lowest BCUT2D eigenvalue weighted by molar-refractivity contribution is 0.129. The van der Waals surface area contributed by atoms with Crippen LogP contribution in [0.2, 0.25) is 0 Å². The fourth-order valence-electron chi connectivity index (χ4n) is 4.45. The summed E-state index contributed by atoms with van der Waals surface area (Å²) in [5.74, 6) is -0.580. The van der Waals surface area contributed by atoms with Gasteiger partial charge in [-0.15, -0.1) is 5.10 Å². The molecule has 0 aliphatic carbocycles. The third-order valence-corrected chi connectivity index (χ3v) is 7.61. The van der Waals surface area contributed by atoms with Crippen molar-refractivity contribution in [2.45, 2.75) is 50.0 Å². The Balaban J connectivity index is 1.32. The van der Waals surface area contributed by atoms with Crippen molar-refractivity contribution in [2.75, 3.05) is 22.9 Å². The lowest BCUT2D eigenvalue weighted by Gasteiger charge is -2.36. The minimum absolute atomic E-state index is 0.0578. The van der Waals surface area contributed by atoms with Crippen LogP contribution < -0.4 is 9.80 Å². The highest BCUT2D eigenvalue weighted by Gasteiger charge is 2.34. The minimum Gasteiger partial charge on any atom is -0.442 e. The molecule has 2 aliphatic heterocycles. The molecule has 2 saturated heterocycles. The van der Waals surface area contributed by atoms with E-state index >= 15 is 4.39 Å². The number of amides is 1. The second-order valence-corrected chi connectivity index (χ2v) is 10.5. The van der Waals surface area contributed by atoms with Crippen molar-refractivity contribution in [1.29, 1.82) is 0 Å². The first-order valence-corrected chi connectivity index (χ1v) is 13.1. The van der Waals surface area contributed by atoms with Crippen molar-refractivity contribution in [1.82, 2.24) is 15.0 Å². The van der Waals surface area contributed by atoms with E-state index in [1.807, 2.05) is 6.92 Å². The minimum atomic E-state index is -4.03. The van der Waals surface area contributed by atoms with E-state index in [0.29, 0.717) is 25.2 Å². The summed E-state index contributed by atoms with van der Waals surface area (Å²) in [6.45, 7) is 2.88. The number of hydrogen-bond donors (Lipinski definition) is 0. The molecule has 1 amide bonds. The smallest absolute Gasteiger partial charge is 0.414 e. The van der Waals surface area contributed by atoms with Crippen LogP contribution in [0.1, 0.15) is 24.8 Å². The molecule has 10 nitrogen and oxygen atoms in total. The van der Waals surface area contributed by atoms with E-state index in [2.05, 4.69) is 10.3 Å². The summed E-state index contributed by atoms with van der Waals surface area (Å²) >= 11 is 0. The lowest BCUT2D eigenvalue weighted by atomic mass is 10.1. The van der Waals surface area contributed by atoms with E-state index in [1.54, 1.807) is 40.0 Å². The third kappa shape index (κ3) is 5.05. The molecule has 190 valence electrons. The molecule has 5 rings (SSSR count). The first-order valence-electron chi connectivity index (χ1n) is 11.7. The Labute approximate surface area is 208 Å². The molecule has 0 bridgehead atoms. The van der Waals surface area contributed by atoms with E-state index in [4.69, 9.17) is 8.92 Å². The van der Waals surface area contributed by atoms with E-state index in [-0.39, 0.29) is 17.1 Å². The molecule has 36 heavy (non-hydrogen) atoms. The van der Waals surface area contributed by atoms with Gasteiger partial charge in [-0.1, -0.05) is 22.9 Å². The summed E-state index contributed by atoms with van der Waals surface area (Å²) in [6, 6.07) is 10.8. The Kier molecular flexibility index (Phi) is 6.63. The van der Waals surface area contributed by atoms with Crippen LogP contribution in [0.4, 0.5) is 20.6 Å². The molecule has 2 aliphatic rings.